The van der Waals surface area contributed by atoms with Gasteiger partial charge in [-0.05, 0) is 24.1 Å². The van der Waals surface area contributed by atoms with E-state index in [4.69, 9.17) is 0 Å². The number of halogens is 1. The van der Waals surface area contributed by atoms with E-state index >= 15 is 0 Å². The highest BCUT2D eigenvalue weighted by Gasteiger charge is 2.28. The lowest BCUT2D eigenvalue weighted by atomic mass is 9.99. The number of carbonyl (C=O) groups excluding carboxylic acids is 1. The molecule has 0 radical (unpaired) electrons. The van der Waals surface area contributed by atoms with Crippen molar-refractivity contribution in [2.24, 2.45) is 0 Å². The van der Waals surface area contributed by atoms with Gasteiger partial charge in [0.05, 0.1) is 24.5 Å². The summed E-state index contributed by atoms with van der Waals surface area (Å²) in [5.41, 5.74) is -0.0108. The Morgan fingerprint density at radius 2 is 1.90 bits per heavy atom. The second kappa shape index (κ2) is 8.24. The normalized spacial score (nSPS) is 11.4. The maximum atomic E-state index is 12.7. The van der Waals surface area contributed by atoms with Gasteiger partial charge in [0.2, 0.25) is 5.91 Å². The molecule has 4 nitrogen and oxygen atoms in total. The first-order chi connectivity index (χ1) is 9.55. The number of hydrogen-bond donors (Lipinski definition) is 3. The second-order valence-electron chi connectivity index (χ2n) is 4.62. The highest BCUT2D eigenvalue weighted by molar-refractivity contribution is 7.99. The maximum absolute atomic E-state index is 12.7. The van der Waals surface area contributed by atoms with Crippen molar-refractivity contribution in [3.63, 3.8) is 0 Å². The van der Waals surface area contributed by atoms with E-state index in [-0.39, 0.29) is 30.7 Å². The number of carbonyl (C=O) groups is 1. The molecule has 0 heterocycles. The van der Waals surface area contributed by atoms with Crippen LogP contribution in [0.5, 0.6) is 0 Å². The third-order valence-electron chi connectivity index (χ3n) is 3.10. The quantitative estimate of drug-likeness (QED) is 0.677. The van der Waals surface area contributed by atoms with Gasteiger partial charge in [-0.2, -0.15) is 0 Å². The molecule has 0 saturated carbocycles. The van der Waals surface area contributed by atoms with E-state index in [9.17, 15) is 19.4 Å². The zero-order chi connectivity index (χ0) is 15.0. The van der Waals surface area contributed by atoms with Crippen LogP contribution >= 0.6 is 11.8 Å². The average molecular weight is 301 g/mol. The summed E-state index contributed by atoms with van der Waals surface area (Å²) >= 11 is 1.39. The number of rotatable bonds is 8. The molecule has 0 aliphatic carbocycles. The van der Waals surface area contributed by atoms with Gasteiger partial charge in [0, 0.05) is 5.75 Å². The third-order valence-corrected chi connectivity index (χ3v) is 4.11. The Morgan fingerprint density at radius 3 is 2.40 bits per heavy atom. The minimum absolute atomic E-state index is 0.221. The highest BCUT2D eigenvalue weighted by Crippen LogP contribution is 2.14. The van der Waals surface area contributed by atoms with Gasteiger partial charge >= 0.3 is 0 Å². The van der Waals surface area contributed by atoms with Crippen LogP contribution in [0.1, 0.15) is 18.9 Å². The van der Waals surface area contributed by atoms with E-state index in [2.05, 4.69) is 5.32 Å². The van der Waals surface area contributed by atoms with Crippen molar-refractivity contribution in [1.82, 2.24) is 5.32 Å². The van der Waals surface area contributed by atoms with Crippen molar-refractivity contribution in [3.8, 4) is 0 Å². The Bertz CT molecular complexity index is 413. The first-order valence-electron chi connectivity index (χ1n) is 6.40. The summed E-state index contributed by atoms with van der Waals surface area (Å²) in [6, 6.07) is 6.13. The largest absolute Gasteiger partial charge is 0.394 e. The lowest BCUT2D eigenvalue weighted by Gasteiger charge is -2.29. The Labute approximate surface area is 122 Å². The van der Waals surface area contributed by atoms with Gasteiger partial charge in [0.1, 0.15) is 5.82 Å². The number of aliphatic hydroxyl groups excluding tert-OH is 2. The molecule has 0 aromatic heterocycles. The standard InChI is InChI=1S/C14H20FNO3S/c1-2-14(9-17,10-18)16-13(19)8-20-7-11-3-5-12(15)6-4-11/h3-6,17-18H,2,7-10H2,1H3,(H,16,19). The number of aliphatic hydroxyl groups is 2. The van der Waals surface area contributed by atoms with Gasteiger partial charge in [-0.1, -0.05) is 19.1 Å². The van der Waals surface area contributed by atoms with E-state index in [1.54, 1.807) is 19.1 Å². The zero-order valence-electron chi connectivity index (χ0n) is 11.4. The van der Waals surface area contributed by atoms with Crippen molar-refractivity contribution in [1.29, 1.82) is 0 Å². The van der Waals surface area contributed by atoms with E-state index in [0.29, 0.717) is 12.2 Å². The van der Waals surface area contributed by atoms with Crippen molar-refractivity contribution in [3.05, 3.63) is 35.6 Å². The number of amides is 1. The molecule has 0 aliphatic rings. The lowest BCUT2D eigenvalue weighted by Crippen LogP contribution is -2.54. The van der Waals surface area contributed by atoms with Crippen LogP contribution in [0.2, 0.25) is 0 Å². The van der Waals surface area contributed by atoms with E-state index in [0.717, 1.165) is 5.56 Å². The van der Waals surface area contributed by atoms with Gasteiger partial charge in [0.15, 0.2) is 0 Å². The van der Waals surface area contributed by atoms with Crippen LogP contribution < -0.4 is 5.32 Å². The van der Waals surface area contributed by atoms with E-state index in [1.807, 2.05) is 0 Å². The molecule has 1 aromatic carbocycles. The number of hydrogen-bond acceptors (Lipinski definition) is 4. The molecule has 1 aromatic rings. The Balaban J connectivity index is 2.38. The molecular formula is C14H20FNO3S. The molecule has 0 bridgehead atoms. The van der Waals surface area contributed by atoms with Gasteiger partial charge in [-0.15, -0.1) is 11.8 Å². The van der Waals surface area contributed by atoms with Crippen LogP contribution in [-0.4, -0.2) is 40.6 Å². The predicted octanol–water partition coefficient (Wildman–Crippen LogP) is 1.31. The summed E-state index contributed by atoms with van der Waals surface area (Å²) in [5, 5.41) is 21.1. The van der Waals surface area contributed by atoms with Crippen molar-refractivity contribution in [2.45, 2.75) is 24.6 Å². The van der Waals surface area contributed by atoms with E-state index in [1.165, 1.54) is 23.9 Å². The molecule has 0 atom stereocenters. The van der Waals surface area contributed by atoms with Crippen LogP contribution in [-0.2, 0) is 10.5 Å². The topological polar surface area (TPSA) is 69.6 Å². The van der Waals surface area contributed by atoms with Gasteiger partial charge in [0.25, 0.3) is 0 Å². The van der Waals surface area contributed by atoms with Gasteiger partial charge in [-0.25, -0.2) is 4.39 Å². The maximum Gasteiger partial charge on any atom is 0.230 e. The number of nitrogens with one attached hydrogen (secondary N) is 1. The highest BCUT2D eigenvalue weighted by atomic mass is 32.2. The Hall–Kier alpha value is -1.11. The summed E-state index contributed by atoms with van der Waals surface area (Å²) < 4.78 is 12.7. The van der Waals surface area contributed by atoms with Gasteiger partial charge in [-0.3, -0.25) is 4.79 Å². The smallest absolute Gasteiger partial charge is 0.230 e. The average Bonchev–Trinajstić information content (AvgIpc) is 2.47. The summed E-state index contributed by atoms with van der Waals surface area (Å²) in [7, 11) is 0. The summed E-state index contributed by atoms with van der Waals surface area (Å²) in [6.07, 6.45) is 0.453. The fraction of sp³-hybridized carbons (Fsp3) is 0.500. The Kier molecular flexibility index (Phi) is 6.98. The lowest BCUT2D eigenvalue weighted by molar-refractivity contribution is -0.121. The molecule has 0 fully saturated rings. The van der Waals surface area contributed by atoms with Crippen LogP contribution in [0.15, 0.2) is 24.3 Å². The van der Waals surface area contributed by atoms with Gasteiger partial charge < -0.3 is 15.5 Å². The number of thioether (sulfide) groups is 1. The molecule has 0 aliphatic heterocycles. The van der Waals surface area contributed by atoms with Crippen molar-refractivity contribution in [2.75, 3.05) is 19.0 Å². The zero-order valence-corrected chi connectivity index (χ0v) is 12.3. The minimum atomic E-state index is -0.951. The molecule has 20 heavy (non-hydrogen) atoms. The third kappa shape index (κ3) is 5.11. The minimum Gasteiger partial charge on any atom is -0.394 e. The summed E-state index contributed by atoms with van der Waals surface area (Å²) in [4.78, 5) is 11.8. The molecule has 3 N–H and O–H groups in total. The van der Waals surface area contributed by atoms with Crippen LogP contribution in [0, 0.1) is 5.82 Å². The molecular weight excluding hydrogens is 281 g/mol. The Morgan fingerprint density at radius 1 is 1.30 bits per heavy atom. The van der Waals surface area contributed by atoms with Crippen LogP contribution in [0.25, 0.3) is 0 Å². The molecule has 0 unspecified atom stereocenters. The summed E-state index contributed by atoms with van der Waals surface area (Å²) in [5.74, 6) is 0.307. The van der Waals surface area contributed by atoms with Crippen molar-refractivity contribution < 1.29 is 19.4 Å². The van der Waals surface area contributed by atoms with E-state index < -0.39 is 5.54 Å². The van der Waals surface area contributed by atoms with Crippen molar-refractivity contribution >= 4 is 17.7 Å². The molecule has 1 rings (SSSR count). The second-order valence-corrected chi connectivity index (χ2v) is 5.60. The first-order valence-corrected chi connectivity index (χ1v) is 7.55. The molecule has 112 valence electrons. The van der Waals surface area contributed by atoms with Crippen LogP contribution in [0.3, 0.4) is 0 Å². The summed E-state index contributed by atoms with van der Waals surface area (Å²) in [6.45, 7) is 1.20. The molecule has 0 saturated heterocycles. The monoisotopic (exact) mass is 301 g/mol. The fourth-order valence-electron chi connectivity index (χ4n) is 1.62. The number of benzene rings is 1. The fourth-order valence-corrected chi connectivity index (χ4v) is 2.40. The molecule has 1 amide bonds. The molecule has 0 spiro atoms. The first kappa shape index (κ1) is 16.9. The predicted molar refractivity (Wildman–Crippen MR) is 77.9 cm³/mol. The van der Waals surface area contributed by atoms with Crippen LogP contribution in [0.4, 0.5) is 4.39 Å². The molecule has 6 heteroatoms. The SMILES string of the molecule is CCC(CO)(CO)NC(=O)CSCc1ccc(F)cc1.